The molecule has 0 amide bonds. The van der Waals surface area contributed by atoms with E-state index in [1.54, 1.807) is 0 Å². The van der Waals surface area contributed by atoms with E-state index in [2.05, 4.69) is 31.7 Å². The second kappa shape index (κ2) is 11.7. The van der Waals surface area contributed by atoms with Crippen molar-refractivity contribution in [1.29, 1.82) is 0 Å². The lowest BCUT2D eigenvalue weighted by molar-refractivity contribution is -0.142. The summed E-state index contributed by atoms with van der Waals surface area (Å²) in [5, 5.41) is 9.57. The monoisotopic (exact) mass is 386 g/mol. The number of ether oxygens (including phenoxy) is 1. The highest BCUT2D eigenvalue weighted by Crippen LogP contribution is 2.25. The third-order valence-corrected chi connectivity index (χ3v) is 5.25. The van der Waals surface area contributed by atoms with Gasteiger partial charge in [-0.1, -0.05) is 31.2 Å². The van der Waals surface area contributed by atoms with Crippen molar-refractivity contribution in [3.8, 4) is 0 Å². The summed E-state index contributed by atoms with van der Waals surface area (Å²) in [7, 11) is 0. The lowest BCUT2D eigenvalue weighted by Crippen LogP contribution is -2.11. The summed E-state index contributed by atoms with van der Waals surface area (Å²) >= 11 is 0. The molecule has 1 unspecified atom stereocenters. The molecule has 4 nitrogen and oxygen atoms in total. The van der Waals surface area contributed by atoms with E-state index >= 15 is 0 Å². The topological polar surface area (TPSA) is 59.7 Å². The largest absolute Gasteiger partial charge is 0.469 e. The van der Waals surface area contributed by atoms with Crippen LogP contribution in [0.25, 0.3) is 0 Å². The number of aliphatic hydroxyl groups is 1. The highest BCUT2D eigenvalue weighted by atomic mass is 16.5. The molecule has 0 radical (unpaired) electrons. The van der Waals surface area contributed by atoms with Crippen LogP contribution in [-0.4, -0.2) is 24.3 Å². The Balaban J connectivity index is 2.15. The van der Waals surface area contributed by atoms with E-state index in [1.807, 2.05) is 13.2 Å². The van der Waals surface area contributed by atoms with Crippen molar-refractivity contribution in [3.63, 3.8) is 0 Å². The molecule has 0 saturated heterocycles. The third kappa shape index (κ3) is 7.51. The first kappa shape index (κ1) is 22.2. The van der Waals surface area contributed by atoms with E-state index in [4.69, 9.17) is 9.15 Å². The standard InChI is InChI=1S/C24H34O4/c1-4-6-24(26)28-16-20-7-5-8-21-14-23(27-17-21)13-18(2)9-11-22(12-10-20)19(3)15-25/h7,9,14,17,22,25H,3-6,8,10-13,15-16H2,1-2H3. The van der Waals surface area contributed by atoms with E-state index < -0.39 is 0 Å². The van der Waals surface area contributed by atoms with Crippen LogP contribution < -0.4 is 0 Å². The third-order valence-electron chi connectivity index (χ3n) is 5.25. The molecule has 0 saturated carbocycles. The molecule has 1 aromatic rings. The van der Waals surface area contributed by atoms with Crippen molar-refractivity contribution in [1.82, 2.24) is 0 Å². The fourth-order valence-corrected chi connectivity index (χ4v) is 3.44. The van der Waals surface area contributed by atoms with Gasteiger partial charge >= 0.3 is 5.97 Å². The Hall–Kier alpha value is -2.07. The summed E-state index contributed by atoms with van der Waals surface area (Å²) in [4.78, 5) is 11.8. The molecule has 0 aliphatic heterocycles. The zero-order valence-electron chi connectivity index (χ0n) is 17.3. The Bertz CT molecular complexity index is 708. The minimum Gasteiger partial charge on any atom is -0.469 e. The summed E-state index contributed by atoms with van der Waals surface area (Å²) < 4.78 is 11.2. The number of fused-ring (bicyclic) bond motifs is 2. The van der Waals surface area contributed by atoms with Crippen LogP contribution in [0.4, 0.5) is 0 Å². The van der Waals surface area contributed by atoms with E-state index in [1.165, 1.54) is 11.1 Å². The number of furan rings is 1. The Morgan fingerprint density at radius 1 is 1.36 bits per heavy atom. The van der Waals surface area contributed by atoms with Gasteiger partial charge in [-0.15, -0.1) is 0 Å². The maximum Gasteiger partial charge on any atom is 0.306 e. The molecule has 28 heavy (non-hydrogen) atoms. The molecule has 0 spiro atoms. The summed E-state index contributed by atoms with van der Waals surface area (Å²) in [6.45, 7) is 8.50. The molecule has 2 bridgehead atoms. The number of hydrogen-bond acceptors (Lipinski definition) is 4. The summed E-state index contributed by atoms with van der Waals surface area (Å²) in [5.41, 5.74) is 4.46. The number of esters is 1. The van der Waals surface area contributed by atoms with Gasteiger partial charge < -0.3 is 14.3 Å². The van der Waals surface area contributed by atoms with Crippen LogP contribution >= 0.6 is 0 Å². The number of allylic oxidation sites excluding steroid dienone is 3. The van der Waals surface area contributed by atoms with E-state index in [-0.39, 0.29) is 18.5 Å². The maximum absolute atomic E-state index is 11.8. The Morgan fingerprint density at radius 3 is 2.93 bits per heavy atom. The van der Waals surface area contributed by atoms with Crippen LogP contribution in [0.2, 0.25) is 0 Å². The normalized spacial score (nSPS) is 18.6. The predicted octanol–water partition coefficient (Wildman–Crippen LogP) is 5.32. The Kier molecular flexibility index (Phi) is 9.29. The number of aliphatic hydroxyl groups excluding tert-OH is 1. The first-order valence-electron chi connectivity index (χ1n) is 10.4. The van der Waals surface area contributed by atoms with Crippen LogP contribution in [0.3, 0.4) is 0 Å². The lowest BCUT2D eigenvalue weighted by atomic mass is 9.89. The van der Waals surface area contributed by atoms with Crippen molar-refractivity contribution in [2.24, 2.45) is 5.92 Å². The first-order valence-corrected chi connectivity index (χ1v) is 10.4. The summed E-state index contributed by atoms with van der Waals surface area (Å²) in [6.07, 6.45) is 12.7. The van der Waals surface area contributed by atoms with Crippen molar-refractivity contribution < 1.29 is 19.1 Å². The molecule has 1 aliphatic rings. The molecule has 1 atom stereocenters. The number of hydrogen-bond donors (Lipinski definition) is 1. The number of carbonyl (C=O) groups is 1. The number of carbonyl (C=O) groups excluding carboxylic acids is 1. The molecule has 0 fully saturated rings. The Labute approximate surface area is 169 Å². The van der Waals surface area contributed by atoms with Crippen LogP contribution in [-0.2, 0) is 22.4 Å². The minimum atomic E-state index is -0.142. The lowest BCUT2D eigenvalue weighted by Gasteiger charge is -2.18. The van der Waals surface area contributed by atoms with Crippen LogP contribution in [0.15, 0.2) is 52.2 Å². The Morgan fingerprint density at radius 2 is 2.18 bits per heavy atom. The van der Waals surface area contributed by atoms with Gasteiger partial charge in [0.25, 0.3) is 0 Å². The van der Waals surface area contributed by atoms with Crippen molar-refractivity contribution >= 4 is 5.97 Å². The van der Waals surface area contributed by atoms with Gasteiger partial charge in [-0.25, -0.2) is 0 Å². The second-order valence-corrected chi connectivity index (χ2v) is 7.75. The predicted molar refractivity (Wildman–Crippen MR) is 112 cm³/mol. The SMILES string of the molecule is C=C(CO)C1CC=C(C)Cc2cc(co2)CCC=C(COC(=O)CCC)CC1. The fourth-order valence-electron chi connectivity index (χ4n) is 3.44. The van der Waals surface area contributed by atoms with Crippen molar-refractivity contribution in [2.75, 3.05) is 13.2 Å². The first-order chi connectivity index (χ1) is 13.5. The molecule has 154 valence electrons. The average molecular weight is 387 g/mol. The highest BCUT2D eigenvalue weighted by Gasteiger charge is 2.14. The number of aryl methyl sites for hydroxylation is 1. The maximum atomic E-state index is 11.8. The van der Waals surface area contributed by atoms with Gasteiger partial charge in [0.15, 0.2) is 0 Å². The molecule has 4 heteroatoms. The van der Waals surface area contributed by atoms with Gasteiger partial charge in [0.05, 0.1) is 12.9 Å². The summed E-state index contributed by atoms with van der Waals surface area (Å²) in [5.74, 6) is 1.05. The van der Waals surface area contributed by atoms with E-state index in [0.29, 0.717) is 13.0 Å². The zero-order valence-corrected chi connectivity index (χ0v) is 17.3. The summed E-state index contributed by atoms with van der Waals surface area (Å²) in [6, 6.07) is 2.13. The van der Waals surface area contributed by atoms with Gasteiger partial charge in [0.2, 0.25) is 0 Å². The fraction of sp³-hybridized carbons (Fsp3) is 0.542. The molecule has 0 aromatic carbocycles. The zero-order chi connectivity index (χ0) is 20.4. The van der Waals surface area contributed by atoms with Crippen LogP contribution in [0.1, 0.15) is 63.7 Å². The van der Waals surface area contributed by atoms with Crippen molar-refractivity contribution in [2.45, 2.75) is 65.2 Å². The van der Waals surface area contributed by atoms with Crippen molar-refractivity contribution in [3.05, 3.63) is 59.1 Å². The van der Waals surface area contributed by atoms with Gasteiger partial charge in [-0.05, 0) is 74.1 Å². The van der Waals surface area contributed by atoms with Gasteiger partial charge in [0.1, 0.15) is 12.4 Å². The van der Waals surface area contributed by atoms with E-state index in [0.717, 1.165) is 61.9 Å². The molecular formula is C24H34O4. The molecule has 1 aromatic heterocycles. The van der Waals surface area contributed by atoms with Gasteiger partial charge in [0, 0.05) is 12.8 Å². The van der Waals surface area contributed by atoms with Crippen LogP contribution in [0, 0.1) is 5.92 Å². The molecule has 2 rings (SSSR count). The average Bonchev–Trinajstić information content (AvgIpc) is 3.11. The van der Waals surface area contributed by atoms with Gasteiger partial charge in [-0.3, -0.25) is 4.79 Å². The highest BCUT2D eigenvalue weighted by molar-refractivity contribution is 5.69. The minimum absolute atomic E-state index is 0.00360. The quantitative estimate of drug-likeness (QED) is 0.531. The van der Waals surface area contributed by atoms with Crippen LogP contribution in [0.5, 0.6) is 0 Å². The molecular weight excluding hydrogens is 352 g/mol. The smallest absolute Gasteiger partial charge is 0.306 e. The van der Waals surface area contributed by atoms with Gasteiger partial charge in [-0.2, -0.15) is 0 Å². The second-order valence-electron chi connectivity index (χ2n) is 7.75. The molecule has 1 aliphatic carbocycles. The number of rotatable bonds is 6. The van der Waals surface area contributed by atoms with E-state index in [9.17, 15) is 9.90 Å². The molecule has 1 N–H and O–H groups in total. The molecule has 1 heterocycles.